The van der Waals surface area contributed by atoms with Crippen molar-refractivity contribution in [3.05, 3.63) is 66.0 Å². The zero-order valence-corrected chi connectivity index (χ0v) is 15.7. The Balaban J connectivity index is 1.67. The number of aromatic amines is 1. The van der Waals surface area contributed by atoms with Crippen LogP contribution in [-0.2, 0) is 13.1 Å². The number of H-pyrrole nitrogens is 1. The lowest BCUT2D eigenvalue weighted by molar-refractivity contribution is 0.215. The summed E-state index contributed by atoms with van der Waals surface area (Å²) in [6, 6.07) is 16.5. The van der Waals surface area contributed by atoms with Gasteiger partial charge in [0, 0.05) is 37.1 Å². The number of benzene rings is 2. The molecule has 1 aromatic heterocycles. The predicted molar refractivity (Wildman–Crippen MR) is 105 cm³/mol. The monoisotopic (exact) mass is 364 g/mol. The first-order valence-electron chi connectivity index (χ1n) is 9.09. The Hall–Kier alpha value is -2.92. The third kappa shape index (κ3) is 3.78. The summed E-state index contributed by atoms with van der Waals surface area (Å²) in [5.41, 5.74) is 4.58. The van der Waals surface area contributed by atoms with E-state index in [9.17, 15) is 0 Å². The molecule has 0 atom stereocenters. The SMILES string of the molecule is COc1ccc(-c2cc3c(c(OC)c2)OCCN(Cc2ccc[nH]2)C3)cc1. The molecule has 0 saturated heterocycles. The third-order valence-electron chi connectivity index (χ3n) is 4.88. The van der Waals surface area contributed by atoms with Crippen molar-refractivity contribution in [1.82, 2.24) is 9.88 Å². The van der Waals surface area contributed by atoms with Crippen LogP contribution in [0.2, 0.25) is 0 Å². The predicted octanol–water partition coefficient (Wildman–Crippen LogP) is 4.09. The van der Waals surface area contributed by atoms with E-state index in [-0.39, 0.29) is 0 Å². The maximum Gasteiger partial charge on any atom is 0.165 e. The van der Waals surface area contributed by atoms with Crippen molar-refractivity contribution < 1.29 is 14.2 Å². The molecule has 0 spiro atoms. The number of aromatic nitrogens is 1. The number of hydrogen-bond acceptors (Lipinski definition) is 4. The molecular weight excluding hydrogens is 340 g/mol. The Morgan fingerprint density at radius 2 is 1.89 bits per heavy atom. The Bertz CT molecular complexity index is 889. The van der Waals surface area contributed by atoms with Gasteiger partial charge in [0.25, 0.3) is 0 Å². The van der Waals surface area contributed by atoms with Crippen molar-refractivity contribution >= 4 is 0 Å². The first kappa shape index (κ1) is 17.5. The van der Waals surface area contributed by atoms with E-state index in [1.165, 1.54) is 5.69 Å². The van der Waals surface area contributed by atoms with Gasteiger partial charge in [0.15, 0.2) is 11.5 Å². The van der Waals surface area contributed by atoms with Crippen molar-refractivity contribution in [2.75, 3.05) is 27.4 Å². The van der Waals surface area contributed by atoms with Gasteiger partial charge in [-0.15, -0.1) is 0 Å². The van der Waals surface area contributed by atoms with Crippen molar-refractivity contribution in [2.24, 2.45) is 0 Å². The van der Waals surface area contributed by atoms with Crippen LogP contribution in [0.1, 0.15) is 11.3 Å². The largest absolute Gasteiger partial charge is 0.497 e. The Morgan fingerprint density at radius 1 is 1.04 bits per heavy atom. The van der Waals surface area contributed by atoms with Crippen LogP contribution in [0.15, 0.2) is 54.7 Å². The van der Waals surface area contributed by atoms with Crippen molar-refractivity contribution in [2.45, 2.75) is 13.1 Å². The zero-order valence-electron chi connectivity index (χ0n) is 15.7. The first-order valence-corrected chi connectivity index (χ1v) is 9.09. The van der Waals surface area contributed by atoms with Crippen molar-refractivity contribution in [3.8, 4) is 28.4 Å². The minimum absolute atomic E-state index is 0.645. The molecular formula is C22H24N2O3. The number of nitrogens with zero attached hydrogens (tertiary/aromatic N) is 1. The van der Waals surface area contributed by atoms with E-state index < -0.39 is 0 Å². The van der Waals surface area contributed by atoms with E-state index in [4.69, 9.17) is 14.2 Å². The van der Waals surface area contributed by atoms with Gasteiger partial charge >= 0.3 is 0 Å². The molecule has 5 heteroatoms. The second-order valence-corrected chi connectivity index (χ2v) is 6.65. The highest BCUT2D eigenvalue weighted by Crippen LogP contribution is 2.38. The van der Waals surface area contributed by atoms with E-state index >= 15 is 0 Å². The lowest BCUT2D eigenvalue weighted by Crippen LogP contribution is -2.25. The zero-order chi connectivity index (χ0) is 18.6. The van der Waals surface area contributed by atoms with Crippen LogP contribution in [0, 0.1) is 0 Å². The summed E-state index contributed by atoms with van der Waals surface area (Å²) in [5.74, 6) is 2.48. The molecule has 4 rings (SSSR count). The van der Waals surface area contributed by atoms with Crippen LogP contribution in [-0.4, -0.2) is 37.3 Å². The molecule has 1 aliphatic heterocycles. The van der Waals surface area contributed by atoms with Crippen LogP contribution in [0.5, 0.6) is 17.2 Å². The number of rotatable bonds is 5. The van der Waals surface area contributed by atoms with E-state index in [0.29, 0.717) is 6.61 Å². The van der Waals surface area contributed by atoms with Crippen molar-refractivity contribution in [3.63, 3.8) is 0 Å². The molecule has 140 valence electrons. The maximum absolute atomic E-state index is 6.05. The second kappa shape index (κ2) is 7.76. The van der Waals surface area contributed by atoms with Gasteiger partial charge in [-0.3, -0.25) is 4.90 Å². The molecule has 0 bridgehead atoms. The number of fused-ring (bicyclic) bond motifs is 1. The Morgan fingerprint density at radius 3 is 2.59 bits per heavy atom. The number of nitrogens with one attached hydrogen (secondary N) is 1. The van der Waals surface area contributed by atoms with Gasteiger partial charge in [0.05, 0.1) is 14.2 Å². The van der Waals surface area contributed by atoms with Gasteiger partial charge in [-0.05, 0) is 47.5 Å². The summed E-state index contributed by atoms with van der Waals surface area (Å²) < 4.78 is 17.0. The lowest BCUT2D eigenvalue weighted by Gasteiger charge is -2.19. The van der Waals surface area contributed by atoms with Gasteiger partial charge in [-0.1, -0.05) is 12.1 Å². The van der Waals surface area contributed by atoms with Crippen LogP contribution in [0.3, 0.4) is 0 Å². The van der Waals surface area contributed by atoms with Crippen LogP contribution in [0.25, 0.3) is 11.1 Å². The minimum Gasteiger partial charge on any atom is -0.497 e. The van der Waals surface area contributed by atoms with Crippen LogP contribution in [0.4, 0.5) is 0 Å². The van der Waals surface area contributed by atoms with Gasteiger partial charge < -0.3 is 19.2 Å². The molecule has 0 radical (unpaired) electrons. The molecule has 0 fully saturated rings. The topological polar surface area (TPSA) is 46.7 Å². The minimum atomic E-state index is 0.645. The molecule has 27 heavy (non-hydrogen) atoms. The van der Waals surface area contributed by atoms with E-state index in [1.807, 2.05) is 30.5 Å². The average molecular weight is 364 g/mol. The highest BCUT2D eigenvalue weighted by molar-refractivity contribution is 5.70. The smallest absolute Gasteiger partial charge is 0.165 e. The molecule has 2 aromatic carbocycles. The Kier molecular flexibility index (Phi) is 5.03. The third-order valence-corrected chi connectivity index (χ3v) is 4.88. The molecule has 1 aliphatic rings. The standard InChI is InChI=1S/C22H24N2O3/c1-25-20-7-5-16(6-8-20)17-12-18-14-24(15-19-4-3-9-23-19)10-11-27-22(18)21(13-17)26-2/h3-9,12-13,23H,10-11,14-15H2,1-2H3. The van der Waals surface area contributed by atoms with Crippen LogP contribution >= 0.6 is 0 Å². The number of methoxy groups -OCH3 is 2. The summed E-state index contributed by atoms with van der Waals surface area (Å²) >= 11 is 0. The van der Waals surface area contributed by atoms with E-state index in [2.05, 4.69) is 34.1 Å². The molecule has 0 amide bonds. The molecule has 5 nitrogen and oxygen atoms in total. The molecule has 3 aromatic rings. The highest BCUT2D eigenvalue weighted by atomic mass is 16.5. The molecule has 0 saturated carbocycles. The fraction of sp³-hybridized carbons (Fsp3) is 0.273. The molecule has 0 aliphatic carbocycles. The summed E-state index contributed by atoms with van der Waals surface area (Å²) in [6.07, 6.45) is 1.96. The average Bonchev–Trinajstić information content (AvgIpc) is 3.13. The van der Waals surface area contributed by atoms with Crippen LogP contribution < -0.4 is 14.2 Å². The fourth-order valence-electron chi connectivity index (χ4n) is 3.48. The van der Waals surface area contributed by atoms with Gasteiger partial charge in [-0.25, -0.2) is 0 Å². The molecule has 0 unspecified atom stereocenters. The Labute approximate surface area is 159 Å². The normalized spacial score (nSPS) is 14.1. The van der Waals surface area contributed by atoms with E-state index in [0.717, 1.165) is 53.6 Å². The molecule has 2 heterocycles. The summed E-state index contributed by atoms with van der Waals surface area (Å²) in [5, 5.41) is 0. The number of ether oxygens (including phenoxy) is 3. The van der Waals surface area contributed by atoms with Crippen molar-refractivity contribution in [1.29, 1.82) is 0 Å². The first-order chi connectivity index (χ1) is 13.3. The maximum atomic E-state index is 6.05. The van der Waals surface area contributed by atoms with Gasteiger partial charge in [0.2, 0.25) is 0 Å². The lowest BCUT2D eigenvalue weighted by atomic mass is 10.0. The number of hydrogen-bond donors (Lipinski definition) is 1. The second-order valence-electron chi connectivity index (χ2n) is 6.65. The summed E-state index contributed by atoms with van der Waals surface area (Å²) in [6.45, 7) is 3.19. The summed E-state index contributed by atoms with van der Waals surface area (Å²) in [4.78, 5) is 5.66. The molecule has 1 N–H and O–H groups in total. The quantitative estimate of drug-likeness (QED) is 0.741. The van der Waals surface area contributed by atoms with Gasteiger partial charge in [-0.2, -0.15) is 0 Å². The fourth-order valence-corrected chi connectivity index (χ4v) is 3.48. The summed E-state index contributed by atoms with van der Waals surface area (Å²) in [7, 11) is 3.37. The van der Waals surface area contributed by atoms with E-state index in [1.54, 1.807) is 14.2 Å². The highest BCUT2D eigenvalue weighted by Gasteiger charge is 2.21. The van der Waals surface area contributed by atoms with Gasteiger partial charge in [0.1, 0.15) is 12.4 Å².